The highest BCUT2D eigenvalue weighted by molar-refractivity contribution is 8.26. The van der Waals surface area contributed by atoms with Crippen molar-refractivity contribution >= 4 is 46.1 Å². The molecule has 0 bridgehead atoms. The van der Waals surface area contributed by atoms with Crippen molar-refractivity contribution < 1.29 is 14.3 Å². The molecule has 2 aromatic rings. The molecule has 2 aliphatic heterocycles. The standard InChI is InChI=1S/C27H30N4O4S2/c1-16-14-30(15-17(2)35-16)24-21(18(3)22(13-28)25(32)29(24)4)12-23-26(33)31(27(36)37-23)11-10-19-6-8-20(34-5)9-7-19/h6-9,12,16-17H,10-11,14-15H2,1-5H3. The van der Waals surface area contributed by atoms with Crippen LogP contribution in [0.5, 0.6) is 5.75 Å². The number of thiocarbonyl (C=S) groups is 1. The third-order valence-corrected chi connectivity index (χ3v) is 8.00. The number of morpholine rings is 1. The summed E-state index contributed by atoms with van der Waals surface area (Å²) in [7, 11) is 3.29. The molecule has 10 heteroatoms. The number of rotatable bonds is 6. The molecule has 0 aliphatic carbocycles. The Morgan fingerprint density at radius 2 is 1.86 bits per heavy atom. The third kappa shape index (κ3) is 5.44. The highest BCUT2D eigenvalue weighted by Gasteiger charge is 2.33. The lowest BCUT2D eigenvalue weighted by molar-refractivity contribution is -0.122. The lowest BCUT2D eigenvalue weighted by Gasteiger charge is -2.38. The third-order valence-electron chi connectivity index (χ3n) is 6.62. The van der Waals surface area contributed by atoms with E-state index in [1.54, 1.807) is 32.1 Å². The highest BCUT2D eigenvalue weighted by atomic mass is 32.2. The number of thioether (sulfide) groups is 1. The van der Waals surface area contributed by atoms with Crippen LogP contribution in [-0.4, -0.2) is 58.6 Å². The van der Waals surface area contributed by atoms with E-state index in [1.807, 2.05) is 38.1 Å². The van der Waals surface area contributed by atoms with Crippen LogP contribution in [0.15, 0.2) is 34.0 Å². The number of nitrogens with zero attached hydrogens (tertiary/aromatic N) is 4. The summed E-state index contributed by atoms with van der Waals surface area (Å²) in [6.45, 7) is 7.37. The van der Waals surface area contributed by atoms with Crippen LogP contribution in [0, 0.1) is 18.3 Å². The van der Waals surface area contributed by atoms with Crippen molar-refractivity contribution in [2.24, 2.45) is 7.05 Å². The summed E-state index contributed by atoms with van der Waals surface area (Å²) >= 11 is 6.80. The molecule has 2 unspecified atom stereocenters. The van der Waals surface area contributed by atoms with Crippen molar-refractivity contribution in [2.75, 3.05) is 31.6 Å². The second-order valence-corrected chi connectivity index (χ2v) is 11.0. The zero-order valence-corrected chi connectivity index (χ0v) is 23.2. The molecule has 4 rings (SSSR count). The summed E-state index contributed by atoms with van der Waals surface area (Å²) < 4.78 is 13.1. The average molecular weight is 539 g/mol. The monoisotopic (exact) mass is 538 g/mol. The van der Waals surface area contributed by atoms with Gasteiger partial charge < -0.3 is 14.4 Å². The van der Waals surface area contributed by atoms with Crippen molar-refractivity contribution in [2.45, 2.75) is 39.4 Å². The normalized spacial score (nSPS) is 21.0. The van der Waals surface area contributed by atoms with E-state index in [0.29, 0.717) is 52.2 Å². The lowest BCUT2D eigenvalue weighted by Crippen LogP contribution is -2.47. The van der Waals surface area contributed by atoms with E-state index in [9.17, 15) is 14.9 Å². The molecule has 0 spiro atoms. The first-order valence-electron chi connectivity index (χ1n) is 12.1. The summed E-state index contributed by atoms with van der Waals surface area (Å²) in [5.74, 6) is 1.28. The van der Waals surface area contributed by atoms with Gasteiger partial charge in [0, 0.05) is 32.2 Å². The predicted molar refractivity (Wildman–Crippen MR) is 150 cm³/mol. The van der Waals surface area contributed by atoms with Crippen molar-refractivity contribution in [3.05, 3.63) is 61.8 Å². The van der Waals surface area contributed by atoms with E-state index in [2.05, 4.69) is 11.0 Å². The minimum absolute atomic E-state index is 0.0289. The molecule has 2 fully saturated rings. The summed E-state index contributed by atoms with van der Waals surface area (Å²) in [5, 5.41) is 9.71. The quantitative estimate of drug-likeness (QED) is 0.407. The molecule has 1 amide bonds. The van der Waals surface area contributed by atoms with Crippen molar-refractivity contribution in [3.63, 3.8) is 0 Å². The van der Waals surface area contributed by atoms with Crippen molar-refractivity contribution in [3.8, 4) is 11.8 Å². The average Bonchev–Trinajstić information content (AvgIpc) is 3.13. The Morgan fingerprint density at radius 3 is 2.46 bits per heavy atom. The van der Waals surface area contributed by atoms with Crippen LogP contribution >= 0.6 is 24.0 Å². The van der Waals surface area contributed by atoms with Gasteiger partial charge in [-0.15, -0.1) is 0 Å². The SMILES string of the molecule is COc1ccc(CCN2C(=O)C(=Cc3c(C)c(C#N)c(=O)n(C)c3N3CC(C)OC(C)C3)SC2=S)cc1. The van der Waals surface area contributed by atoms with Gasteiger partial charge in [-0.2, -0.15) is 5.26 Å². The summed E-state index contributed by atoms with van der Waals surface area (Å²) in [6.07, 6.45) is 2.37. The number of anilines is 1. The van der Waals surface area contributed by atoms with Gasteiger partial charge in [-0.3, -0.25) is 19.1 Å². The van der Waals surface area contributed by atoms with E-state index in [-0.39, 0.29) is 29.2 Å². The number of ether oxygens (including phenoxy) is 2. The van der Waals surface area contributed by atoms with Gasteiger partial charge in [-0.05, 0) is 56.5 Å². The van der Waals surface area contributed by atoms with Crippen LogP contribution in [0.3, 0.4) is 0 Å². The van der Waals surface area contributed by atoms with Gasteiger partial charge in [0.1, 0.15) is 27.5 Å². The topological polar surface area (TPSA) is 87.8 Å². The van der Waals surface area contributed by atoms with Gasteiger partial charge in [-0.25, -0.2) is 0 Å². The fourth-order valence-corrected chi connectivity index (χ4v) is 6.09. The molecule has 8 nitrogen and oxygen atoms in total. The van der Waals surface area contributed by atoms with Crippen molar-refractivity contribution in [1.82, 2.24) is 9.47 Å². The summed E-state index contributed by atoms with van der Waals surface area (Å²) in [5.41, 5.74) is 2.02. The molecule has 2 aliphatic rings. The number of hydrogen-bond acceptors (Lipinski definition) is 8. The maximum absolute atomic E-state index is 13.4. The number of hydrogen-bond donors (Lipinski definition) is 0. The van der Waals surface area contributed by atoms with Gasteiger partial charge in [0.25, 0.3) is 11.5 Å². The smallest absolute Gasteiger partial charge is 0.270 e. The first-order valence-corrected chi connectivity index (χ1v) is 13.3. The molecule has 0 saturated carbocycles. The second-order valence-electron chi connectivity index (χ2n) is 9.31. The maximum atomic E-state index is 13.4. The molecule has 2 atom stereocenters. The maximum Gasteiger partial charge on any atom is 0.270 e. The van der Waals surface area contributed by atoms with Crippen LogP contribution in [0.4, 0.5) is 5.82 Å². The van der Waals surface area contributed by atoms with Gasteiger partial charge in [0.2, 0.25) is 0 Å². The van der Waals surface area contributed by atoms with Crippen LogP contribution in [-0.2, 0) is 23.0 Å². The number of carbonyl (C=O) groups excluding carboxylic acids is 1. The number of carbonyl (C=O) groups is 1. The molecule has 1 aromatic heterocycles. The molecular formula is C27H30N4O4S2. The van der Waals surface area contributed by atoms with Gasteiger partial charge in [0.05, 0.1) is 24.2 Å². The Morgan fingerprint density at radius 1 is 1.22 bits per heavy atom. The molecule has 194 valence electrons. The van der Waals surface area contributed by atoms with E-state index in [1.165, 1.54) is 16.3 Å². The zero-order chi connectivity index (χ0) is 26.9. The van der Waals surface area contributed by atoms with E-state index >= 15 is 0 Å². The Labute approximate surface area is 226 Å². The summed E-state index contributed by atoms with van der Waals surface area (Å²) in [4.78, 5) is 30.6. The number of benzene rings is 1. The van der Waals surface area contributed by atoms with Crippen LogP contribution < -0.4 is 15.2 Å². The highest BCUT2D eigenvalue weighted by Crippen LogP contribution is 2.36. The van der Waals surface area contributed by atoms with E-state index < -0.39 is 0 Å². The Hall–Kier alpha value is -3.13. The van der Waals surface area contributed by atoms with E-state index in [4.69, 9.17) is 21.7 Å². The molecule has 3 heterocycles. The molecule has 0 N–H and O–H groups in total. The van der Waals surface area contributed by atoms with Crippen LogP contribution in [0.25, 0.3) is 6.08 Å². The fraction of sp³-hybridized carbons (Fsp3) is 0.407. The van der Waals surface area contributed by atoms with Crippen LogP contribution in [0.2, 0.25) is 0 Å². The van der Waals surface area contributed by atoms with Crippen LogP contribution in [0.1, 0.15) is 36.1 Å². The minimum atomic E-state index is -0.356. The Kier molecular flexibility index (Phi) is 8.07. The first-order chi connectivity index (χ1) is 17.6. The number of methoxy groups -OCH3 is 1. The lowest BCUT2D eigenvalue weighted by atomic mass is 10.0. The zero-order valence-electron chi connectivity index (χ0n) is 21.6. The molecule has 2 saturated heterocycles. The largest absolute Gasteiger partial charge is 0.497 e. The molecule has 37 heavy (non-hydrogen) atoms. The number of amides is 1. The van der Waals surface area contributed by atoms with Gasteiger partial charge >= 0.3 is 0 Å². The van der Waals surface area contributed by atoms with Gasteiger partial charge in [0.15, 0.2) is 0 Å². The number of nitriles is 1. The van der Waals surface area contributed by atoms with Gasteiger partial charge in [-0.1, -0.05) is 36.1 Å². The Bertz CT molecular complexity index is 1350. The summed E-state index contributed by atoms with van der Waals surface area (Å²) in [6, 6.07) is 9.78. The van der Waals surface area contributed by atoms with Crippen molar-refractivity contribution in [1.29, 1.82) is 5.26 Å². The molecular weight excluding hydrogens is 508 g/mol. The van der Waals surface area contributed by atoms with E-state index in [0.717, 1.165) is 11.3 Å². The molecule has 1 aromatic carbocycles. The Balaban J connectivity index is 1.68. The minimum Gasteiger partial charge on any atom is -0.497 e. The number of pyridine rings is 1. The fourth-order valence-electron chi connectivity index (χ4n) is 4.80. The predicted octanol–water partition coefficient (Wildman–Crippen LogP) is 3.63. The molecule has 0 radical (unpaired) electrons. The second kappa shape index (κ2) is 11.1. The number of aromatic nitrogens is 1. The first kappa shape index (κ1) is 26.9.